The molecule has 5 aliphatic carbocycles. The van der Waals surface area contributed by atoms with E-state index in [1.807, 2.05) is 17.0 Å². The molecule has 4 fully saturated rings. The Labute approximate surface area is 301 Å². The highest BCUT2D eigenvalue weighted by atomic mass is 16.4. The second kappa shape index (κ2) is 13.5. The lowest BCUT2D eigenvalue weighted by Crippen LogP contribution is -2.66. The number of nitrogens with one attached hydrogen (secondary N) is 1. The first kappa shape index (κ1) is 37.3. The molecule has 0 bridgehead atoms. The van der Waals surface area contributed by atoms with Crippen molar-refractivity contribution in [1.29, 1.82) is 0 Å². The number of aromatic carboxylic acids is 1. The lowest BCUT2D eigenvalue weighted by Gasteiger charge is -2.72. The maximum Gasteiger partial charge on any atom is 0.335 e. The standard InChI is InChI=1S/C43H64N2O5/c1-28(2)31-14-19-43(38(50)44-22-23-45(24-26-46)25-27-47)21-20-41(6)33(36(31)43)12-13-35-40(5)17-15-32(29-8-10-30(11-9-29)37(48)49)39(3,4)34(40)16-18-42(35,41)7/h8-11,15,31,33-36,46-47H,1,12-14,16-27H2,2-7H3,(H,44,50)(H,48,49)/t31-,33+,34-,35+,36+,40-,41+,42+,43-/m0/s1. The molecule has 1 aromatic carbocycles. The van der Waals surface area contributed by atoms with Crippen LogP contribution in [0.5, 0.6) is 0 Å². The molecule has 7 nitrogen and oxygen atoms in total. The Morgan fingerprint density at radius 1 is 0.860 bits per heavy atom. The van der Waals surface area contributed by atoms with E-state index in [0.29, 0.717) is 61.3 Å². The Bertz CT molecular complexity index is 1490. The van der Waals surface area contributed by atoms with Crippen molar-refractivity contribution < 1.29 is 24.9 Å². The lowest BCUT2D eigenvalue weighted by molar-refractivity contribution is -0.225. The van der Waals surface area contributed by atoms with Gasteiger partial charge in [-0.05, 0) is 139 Å². The van der Waals surface area contributed by atoms with Crippen molar-refractivity contribution >= 4 is 17.4 Å². The minimum Gasteiger partial charge on any atom is -0.478 e. The highest BCUT2D eigenvalue weighted by Crippen LogP contribution is 2.77. The number of allylic oxidation sites excluding steroid dienone is 3. The Balaban J connectivity index is 1.28. The summed E-state index contributed by atoms with van der Waals surface area (Å²) >= 11 is 0. The molecule has 1 aromatic rings. The predicted molar refractivity (Wildman–Crippen MR) is 199 cm³/mol. The second-order valence-corrected chi connectivity index (χ2v) is 18.3. The van der Waals surface area contributed by atoms with Crippen molar-refractivity contribution in [3.05, 3.63) is 53.6 Å². The molecule has 7 heteroatoms. The molecule has 0 unspecified atom stereocenters. The minimum atomic E-state index is -0.885. The van der Waals surface area contributed by atoms with Gasteiger partial charge >= 0.3 is 5.97 Å². The molecule has 6 rings (SSSR count). The van der Waals surface area contributed by atoms with Gasteiger partial charge in [-0.1, -0.05) is 65.0 Å². The van der Waals surface area contributed by atoms with Gasteiger partial charge in [-0.15, -0.1) is 0 Å². The van der Waals surface area contributed by atoms with Gasteiger partial charge in [0.2, 0.25) is 5.91 Å². The molecule has 5 aliphatic rings. The third-order valence-corrected chi connectivity index (χ3v) is 16.1. The van der Waals surface area contributed by atoms with Gasteiger partial charge in [-0.25, -0.2) is 4.79 Å². The molecule has 0 heterocycles. The summed E-state index contributed by atoms with van der Waals surface area (Å²) in [6.45, 7) is 21.6. The van der Waals surface area contributed by atoms with Gasteiger partial charge in [0.25, 0.3) is 0 Å². The number of amides is 1. The second-order valence-electron chi connectivity index (χ2n) is 18.3. The number of benzene rings is 1. The first-order valence-electron chi connectivity index (χ1n) is 19.5. The predicted octanol–water partition coefficient (Wildman–Crippen LogP) is 7.44. The number of rotatable bonds is 11. The van der Waals surface area contributed by atoms with Gasteiger partial charge in [-0.3, -0.25) is 9.69 Å². The number of carboxylic acid groups (broad SMARTS) is 1. The summed E-state index contributed by atoms with van der Waals surface area (Å²) in [5, 5.41) is 31.8. The number of hydrogen-bond donors (Lipinski definition) is 4. The lowest BCUT2D eigenvalue weighted by atomic mass is 9.32. The maximum atomic E-state index is 14.4. The quantitative estimate of drug-likeness (QED) is 0.180. The van der Waals surface area contributed by atoms with Gasteiger partial charge in [-0.2, -0.15) is 0 Å². The van der Waals surface area contributed by atoms with Gasteiger partial charge in [0.15, 0.2) is 0 Å². The van der Waals surface area contributed by atoms with Crippen LogP contribution in [0.15, 0.2) is 42.5 Å². The molecule has 0 saturated heterocycles. The summed E-state index contributed by atoms with van der Waals surface area (Å²) in [5.41, 5.74) is 4.15. The monoisotopic (exact) mass is 688 g/mol. The van der Waals surface area contributed by atoms with Crippen LogP contribution in [0.2, 0.25) is 0 Å². The van der Waals surface area contributed by atoms with E-state index >= 15 is 0 Å². The molecule has 276 valence electrons. The molecule has 4 N–H and O–H groups in total. The zero-order valence-electron chi connectivity index (χ0n) is 31.7. The fourth-order valence-corrected chi connectivity index (χ4v) is 13.5. The van der Waals surface area contributed by atoms with E-state index in [4.69, 9.17) is 0 Å². The minimum absolute atomic E-state index is 0.0307. The summed E-state index contributed by atoms with van der Waals surface area (Å²) in [4.78, 5) is 28.0. The summed E-state index contributed by atoms with van der Waals surface area (Å²) in [6.07, 6.45) is 12.3. The third-order valence-electron chi connectivity index (χ3n) is 16.1. The third kappa shape index (κ3) is 5.64. The van der Waals surface area contributed by atoms with Gasteiger partial charge < -0.3 is 20.6 Å². The highest BCUT2D eigenvalue weighted by molar-refractivity contribution is 5.88. The van der Waals surface area contributed by atoms with Crippen molar-refractivity contribution in [1.82, 2.24) is 10.2 Å². The van der Waals surface area contributed by atoms with Crippen LogP contribution in [0.25, 0.3) is 5.57 Å². The van der Waals surface area contributed by atoms with E-state index in [9.17, 15) is 24.9 Å². The topological polar surface area (TPSA) is 110 Å². The smallest absolute Gasteiger partial charge is 0.335 e. The number of carbonyl (C=O) groups excluding carboxylic acids is 1. The summed E-state index contributed by atoms with van der Waals surface area (Å²) in [5.74, 6) is 1.60. The van der Waals surface area contributed by atoms with Crippen molar-refractivity contribution in [2.24, 2.45) is 56.7 Å². The molecular formula is C43H64N2O5. The van der Waals surface area contributed by atoms with Crippen molar-refractivity contribution in [2.75, 3.05) is 39.4 Å². The molecule has 0 aromatic heterocycles. The van der Waals surface area contributed by atoms with Crippen LogP contribution in [-0.4, -0.2) is 71.5 Å². The number of aliphatic hydroxyl groups is 2. The first-order chi connectivity index (χ1) is 23.6. The van der Waals surface area contributed by atoms with Gasteiger partial charge in [0, 0.05) is 26.2 Å². The normalized spacial score (nSPS) is 38.7. The van der Waals surface area contributed by atoms with Crippen molar-refractivity contribution in [2.45, 2.75) is 99.3 Å². The number of carbonyl (C=O) groups is 2. The number of fused-ring (bicyclic) bond motifs is 7. The molecule has 9 atom stereocenters. The number of carboxylic acids is 1. The summed E-state index contributed by atoms with van der Waals surface area (Å²) in [6, 6.07) is 7.50. The summed E-state index contributed by atoms with van der Waals surface area (Å²) in [7, 11) is 0. The van der Waals surface area contributed by atoms with Gasteiger partial charge in [0.1, 0.15) is 0 Å². The Morgan fingerprint density at radius 2 is 1.54 bits per heavy atom. The fraction of sp³-hybridized carbons (Fsp3) is 0.721. The number of nitrogens with zero attached hydrogens (tertiary/aromatic N) is 1. The zero-order valence-corrected chi connectivity index (χ0v) is 31.7. The Hall–Kier alpha value is -2.48. The molecule has 50 heavy (non-hydrogen) atoms. The van der Waals surface area contributed by atoms with Gasteiger partial charge in [0.05, 0.1) is 24.2 Å². The maximum absolute atomic E-state index is 14.4. The van der Waals surface area contributed by atoms with E-state index in [1.54, 1.807) is 12.1 Å². The Morgan fingerprint density at radius 3 is 2.16 bits per heavy atom. The number of hydrogen-bond acceptors (Lipinski definition) is 5. The average molecular weight is 689 g/mol. The van der Waals surface area contributed by atoms with E-state index < -0.39 is 5.97 Å². The molecule has 0 radical (unpaired) electrons. The Kier molecular flexibility index (Phi) is 10.1. The van der Waals surface area contributed by atoms with Crippen LogP contribution in [0.1, 0.15) is 115 Å². The molecule has 0 spiro atoms. The van der Waals surface area contributed by atoms with Crippen molar-refractivity contribution in [3.8, 4) is 0 Å². The SMILES string of the molecule is C=C(C)[C@@H]1CC[C@]2(C(=O)NCCN(CCO)CCO)CC[C@]3(C)[C@H](CC[C@@H]4[C@@]5(C)CC=C(c6ccc(C(=O)O)cc6)C(C)(C)[C@@H]5CC[C@]43C)[C@@H]12. The number of aliphatic hydroxyl groups excluding tert-OH is 2. The summed E-state index contributed by atoms with van der Waals surface area (Å²) < 4.78 is 0. The van der Waals surface area contributed by atoms with Crippen LogP contribution in [0, 0.1) is 56.7 Å². The van der Waals surface area contributed by atoms with Crippen LogP contribution >= 0.6 is 0 Å². The first-order valence-corrected chi connectivity index (χ1v) is 19.5. The van der Waals surface area contributed by atoms with E-state index in [0.717, 1.165) is 44.1 Å². The van der Waals surface area contributed by atoms with E-state index in [1.165, 1.54) is 30.4 Å². The van der Waals surface area contributed by atoms with Crippen LogP contribution in [-0.2, 0) is 4.79 Å². The van der Waals surface area contributed by atoms with Crippen LogP contribution < -0.4 is 5.32 Å². The molecule has 0 aliphatic heterocycles. The van der Waals surface area contributed by atoms with E-state index in [2.05, 4.69) is 59.5 Å². The molecule has 4 saturated carbocycles. The van der Waals surface area contributed by atoms with E-state index in [-0.39, 0.29) is 46.2 Å². The van der Waals surface area contributed by atoms with Crippen molar-refractivity contribution in [3.63, 3.8) is 0 Å². The fourth-order valence-electron chi connectivity index (χ4n) is 13.5. The molecule has 1 amide bonds. The largest absolute Gasteiger partial charge is 0.478 e. The molecular weight excluding hydrogens is 624 g/mol. The van der Waals surface area contributed by atoms with Crippen LogP contribution in [0.3, 0.4) is 0 Å². The van der Waals surface area contributed by atoms with Crippen LogP contribution in [0.4, 0.5) is 0 Å². The highest BCUT2D eigenvalue weighted by Gasteiger charge is 2.71. The average Bonchev–Trinajstić information content (AvgIpc) is 3.46. The zero-order chi connectivity index (χ0) is 36.3.